The highest BCUT2D eigenvalue weighted by Crippen LogP contribution is 2.24. The summed E-state index contributed by atoms with van der Waals surface area (Å²) < 4.78 is 0. The van der Waals surface area contributed by atoms with Gasteiger partial charge < -0.3 is 15.3 Å². The molecule has 0 unspecified atom stereocenters. The topological polar surface area (TPSA) is 69.6 Å². The summed E-state index contributed by atoms with van der Waals surface area (Å²) in [6.07, 6.45) is 1.82. The van der Waals surface area contributed by atoms with E-state index in [9.17, 15) is 9.59 Å². The van der Waals surface area contributed by atoms with E-state index in [1.54, 1.807) is 0 Å². The second-order valence-electron chi connectivity index (χ2n) is 5.99. The van der Waals surface area contributed by atoms with Crippen LogP contribution in [0.4, 0.5) is 5.69 Å². The maximum absolute atomic E-state index is 11.7. The lowest BCUT2D eigenvalue weighted by molar-refractivity contribution is -0.137. The van der Waals surface area contributed by atoms with Gasteiger partial charge in [-0.15, -0.1) is 0 Å². The zero-order valence-corrected chi connectivity index (χ0v) is 13.0. The smallest absolute Gasteiger partial charge is 0.303 e. The highest BCUT2D eigenvalue weighted by molar-refractivity contribution is 5.76. The summed E-state index contributed by atoms with van der Waals surface area (Å²) >= 11 is 0. The highest BCUT2D eigenvalue weighted by Gasteiger charge is 2.23. The van der Waals surface area contributed by atoms with Gasteiger partial charge in [0.25, 0.3) is 0 Å². The van der Waals surface area contributed by atoms with Gasteiger partial charge in [-0.25, -0.2) is 0 Å². The number of amides is 1. The first-order chi connectivity index (χ1) is 10.5. The molecule has 22 heavy (non-hydrogen) atoms. The molecular weight excluding hydrogens is 280 g/mol. The minimum Gasteiger partial charge on any atom is -0.481 e. The van der Waals surface area contributed by atoms with Crippen LogP contribution in [0.1, 0.15) is 31.2 Å². The molecule has 1 aliphatic rings. The van der Waals surface area contributed by atoms with Gasteiger partial charge in [-0.05, 0) is 43.4 Å². The van der Waals surface area contributed by atoms with Crippen LogP contribution in [0.25, 0.3) is 0 Å². The van der Waals surface area contributed by atoms with Crippen LogP contribution < -0.4 is 10.2 Å². The third-order valence-corrected chi connectivity index (χ3v) is 4.04. The van der Waals surface area contributed by atoms with Gasteiger partial charge in [-0.2, -0.15) is 0 Å². The molecule has 0 aliphatic carbocycles. The molecule has 1 amide bonds. The van der Waals surface area contributed by atoms with Crippen molar-refractivity contribution >= 4 is 17.6 Å². The fourth-order valence-corrected chi connectivity index (χ4v) is 2.81. The second-order valence-corrected chi connectivity index (χ2v) is 5.99. The molecule has 2 N–H and O–H groups in total. The molecule has 0 radical (unpaired) electrons. The van der Waals surface area contributed by atoms with Crippen LogP contribution >= 0.6 is 0 Å². The predicted molar refractivity (Wildman–Crippen MR) is 86.0 cm³/mol. The third-order valence-electron chi connectivity index (χ3n) is 4.04. The van der Waals surface area contributed by atoms with Crippen molar-refractivity contribution in [1.29, 1.82) is 0 Å². The number of hydrogen-bond donors (Lipinski definition) is 2. The number of nitrogens with zero attached hydrogens (tertiary/aromatic N) is 1. The normalized spacial score (nSPS) is 17.5. The van der Waals surface area contributed by atoms with Crippen molar-refractivity contribution in [2.45, 2.75) is 32.6 Å². The first-order valence-corrected chi connectivity index (χ1v) is 7.84. The summed E-state index contributed by atoms with van der Waals surface area (Å²) in [6, 6.07) is 8.48. The number of aliphatic carboxylic acids is 1. The Morgan fingerprint density at radius 2 is 2.18 bits per heavy atom. The Kier molecular flexibility index (Phi) is 5.81. The lowest BCUT2D eigenvalue weighted by atomic mass is 10.1. The van der Waals surface area contributed by atoms with E-state index >= 15 is 0 Å². The van der Waals surface area contributed by atoms with Crippen LogP contribution in [0.3, 0.4) is 0 Å². The monoisotopic (exact) mass is 304 g/mol. The molecule has 1 aromatic rings. The average Bonchev–Trinajstić information content (AvgIpc) is 2.93. The van der Waals surface area contributed by atoms with Crippen molar-refractivity contribution in [3.8, 4) is 0 Å². The minimum absolute atomic E-state index is 0.0461. The van der Waals surface area contributed by atoms with Crippen LogP contribution in [0.15, 0.2) is 24.3 Å². The van der Waals surface area contributed by atoms with E-state index in [-0.39, 0.29) is 12.3 Å². The van der Waals surface area contributed by atoms with E-state index in [0.717, 1.165) is 19.5 Å². The summed E-state index contributed by atoms with van der Waals surface area (Å²) in [5, 5.41) is 11.5. The average molecular weight is 304 g/mol. The highest BCUT2D eigenvalue weighted by atomic mass is 16.4. The van der Waals surface area contributed by atoms with E-state index in [1.165, 1.54) is 11.3 Å². The van der Waals surface area contributed by atoms with E-state index in [0.29, 0.717) is 25.3 Å². The maximum atomic E-state index is 11.7. The van der Waals surface area contributed by atoms with Gasteiger partial charge in [-0.3, -0.25) is 9.59 Å². The molecule has 1 fully saturated rings. The number of hydrogen-bond acceptors (Lipinski definition) is 3. The van der Waals surface area contributed by atoms with Gasteiger partial charge in [0.1, 0.15) is 0 Å². The fourth-order valence-electron chi connectivity index (χ4n) is 2.81. The zero-order valence-electron chi connectivity index (χ0n) is 13.0. The number of benzene rings is 1. The largest absolute Gasteiger partial charge is 0.481 e. The second kappa shape index (κ2) is 7.82. The number of aryl methyl sites for hydroxylation is 1. The molecule has 0 bridgehead atoms. The van der Waals surface area contributed by atoms with Crippen molar-refractivity contribution in [1.82, 2.24) is 5.32 Å². The molecule has 0 saturated carbocycles. The van der Waals surface area contributed by atoms with Gasteiger partial charge in [0, 0.05) is 38.2 Å². The molecule has 0 spiro atoms. The number of anilines is 1. The van der Waals surface area contributed by atoms with E-state index in [1.807, 2.05) is 0 Å². The Labute approximate surface area is 131 Å². The molecule has 5 heteroatoms. The van der Waals surface area contributed by atoms with Gasteiger partial charge in [-0.1, -0.05) is 12.1 Å². The summed E-state index contributed by atoms with van der Waals surface area (Å²) in [6.45, 7) is 4.74. The minimum atomic E-state index is -0.850. The fraction of sp³-hybridized carbons (Fsp3) is 0.529. The standard InChI is InChI=1S/C17H24N2O3/c1-13-4-2-5-15(10-13)19-9-8-14(12-19)11-18-16(20)6-3-7-17(21)22/h2,4-5,10,14H,3,6-9,11-12H2,1H3,(H,18,20)(H,21,22)/t14-/m1/s1. The quantitative estimate of drug-likeness (QED) is 0.810. The first-order valence-electron chi connectivity index (χ1n) is 7.84. The van der Waals surface area contributed by atoms with Gasteiger partial charge in [0.2, 0.25) is 5.91 Å². The Bertz CT molecular complexity index is 530. The van der Waals surface area contributed by atoms with Crippen LogP contribution in [0.5, 0.6) is 0 Å². The molecule has 2 rings (SSSR count). The van der Waals surface area contributed by atoms with Crippen molar-refractivity contribution < 1.29 is 14.7 Å². The summed E-state index contributed by atoms with van der Waals surface area (Å²) in [5.74, 6) is -0.434. The summed E-state index contributed by atoms with van der Waals surface area (Å²) in [5.41, 5.74) is 2.50. The van der Waals surface area contributed by atoms with E-state index in [2.05, 4.69) is 41.4 Å². The Hall–Kier alpha value is -2.04. The lowest BCUT2D eigenvalue weighted by Crippen LogP contribution is -2.30. The molecule has 1 heterocycles. The van der Waals surface area contributed by atoms with Crippen molar-refractivity contribution in [3.05, 3.63) is 29.8 Å². The number of carbonyl (C=O) groups excluding carboxylic acids is 1. The van der Waals surface area contributed by atoms with Crippen LogP contribution in [-0.4, -0.2) is 36.6 Å². The molecule has 120 valence electrons. The number of rotatable bonds is 7. The molecular formula is C17H24N2O3. The third kappa shape index (κ3) is 5.06. The number of carboxylic acids is 1. The van der Waals surface area contributed by atoms with Gasteiger partial charge >= 0.3 is 5.97 Å². The number of carboxylic acid groups (broad SMARTS) is 1. The van der Waals surface area contributed by atoms with Crippen molar-refractivity contribution in [2.75, 3.05) is 24.5 Å². The van der Waals surface area contributed by atoms with Crippen LogP contribution in [-0.2, 0) is 9.59 Å². The molecule has 1 atom stereocenters. The number of nitrogens with one attached hydrogen (secondary N) is 1. The van der Waals surface area contributed by atoms with E-state index in [4.69, 9.17) is 5.11 Å². The summed E-state index contributed by atoms with van der Waals surface area (Å²) in [4.78, 5) is 24.4. The van der Waals surface area contributed by atoms with Crippen molar-refractivity contribution in [2.24, 2.45) is 5.92 Å². The van der Waals surface area contributed by atoms with Crippen LogP contribution in [0, 0.1) is 12.8 Å². The predicted octanol–water partition coefficient (Wildman–Crippen LogP) is 2.19. The Morgan fingerprint density at radius 1 is 1.36 bits per heavy atom. The first kappa shape index (κ1) is 16.3. The molecule has 1 aliphatic heterocycles. The SMILES string of the molecule is Cc1cccc(N2CC[C@H](CNC(=O)CCCC(=O)O)C2)c1. The Balaban J connectivity index is 1.70. The maximum Gasteiger partial charge on any atom is 0.303 e. The molecule has 5 nitrogen and oxygen atoms in total. The van der Waals surface area contributed by atoms with Crippen LogP contribution in [0.2, 0.25) is 0 Å². The molecule has 0 aromatic heterocycles. The van der Waals surface area contributed by atoms with Crippen molar-refractivity contribution in [3.63, 3.8) is 0 Å². The zero-order chi connectivity index (χ0) is 15.9. The lowest BCUT2D eigenvalue weighted by Gasteiger charge is -2.19. The summed E-state index contributed by atoms with van der Waals surface area (Å²) in [7, 11) is 0. The Morgan fingerprint density at radius 3 is 2.91 bits per heavy atom. The van der Waals surface area contributed by atoms with E-state index < -0.39 is 5.97 Å². The molecule has 1 saturated heterocycles. The number of carbonyl (C=O) groups is 2. The molecule has 1 aromatic carbocycles. The van der Waals surface area contributed by atoms with Gasteiger partial charge in [0.05, 0.1) is 0 Å². The van der Waals surface area contributed by atoms with Gasteiger partial charge in [0.15, 0.2) is 0 Å².